The maximum atomic E-state index is 6.44. The molecule has 0 spiro atoms. The fourth-order valence-electron chi connectivity index (χ4n) is 4.40. The van der Waals surface area contributed by atoms with Gasteiger partial charge in [0.1, 0.15) is 11.9 Å². The molecule has 1 aliphatic carbocycles. The van der Waals surface area contributed by atoms with E-state index >= 15 is 0 Å². The third-order valence-corrected chi connectivity index (χ3v) is 5.80. The van der Waals surface area contributed by atoms with Crippen molar-refractivity contribution in [2.24, 2.45) is 5.92 Å². The van der Waals surface area contributed by atoms with Crippen LogP contribution in [0, 0.1) is 5.92 Å². The number of nitrogens with zero attached hydrogens (tertiary/aromatic N) is 3. The van der Waals surface area contributed by atoms with Crippen molar-refractivity contribution in [1.82, 2.24) is 14.5 Å². The Bertz CT molecular complexity index is 1160. The maximum Gasteiger partial charge on any atom is 0.177 e. The van der Waals surface area contributed by atoms with Crippen molar-refractivity contribution in [3.8, 4) is 0 Å². The van der Waals surface area contributed by atoms with Crippen LogP contribution >= 0.6 is 0 Å². The minimum Gasteiger partial charge on any atom is -0.498 e. The average molecular weight is 399 g/mol. The molecule has 3 heterocycles. The van der Waals surface area contributed by atoms with Crippen molar-refractivity contribution in [3.63, 3.8) is 0 Å². The number of pyridine rings is 1. The van der Waals surface area contributed by atoms with E-state index in [1.807, 2.05) is 18.5 Å². The van der Waals surface area contributed by atoms with Gasteiger partial charge in [-0.05, 0) is 31.5 Å². The third kappa shape index (κ3) is 3.15. The molecule has 5 rings (SSSR count). The lowest BCUT2D eigenvalue weighted by Crippen LogP contribution is -2.40. The molecule has 3 aromatic rings. The highest BCUT2D eigenvalue weighted by molar-refractivity contribution is 5.71. The third-order valence-electron chi connectivity index (χ3n) is 5.80. The largest absolute Gasteiger partial charge is 0.498 e. The molecule has 0 fully saturated rings. The first-order chi connectivity index (χ1) is 14.6. The molecule has 3 atom stereocenters. The highest BCUT2D eigenvalue weighted by Crippen LogP contribution is 2.41. The zero-order valence-corrected chi connectivity index (χ0v) is 17.4. The van der Waals surface area contributed by atoms with E-state index in [0.717, 1.165) is 28.1 Å². The Hall–Kier alpha value is -3.18. The van der Waals surface area contributed by atoms with Gasteiger partial charge in [-0.25, -0.2) is 9.97 Å². The van der Waals surface area contributed by atoms with E-state index in [1.54, 1.807) is 13.3 Å². The molecule has 1 aromatic carbocycles. The average Bonchev–Trinajstić information content (AvgIpc) is 3.18. The van der Waals surface area contributed by atoms with Crippen molar-refractivity contribution < 1.29 is 9.47 Å². The second-order valence-electron chi connectivity index (χ2n) is 8.27. The van der Waals surface area contributed by atoms with Crippen LogP contribution in [0.1, 0.15) is 25.5 Å². The Morgan fingerprint density at radius 2 is 1.90 bits per heavy atom. The highest BCUT2D eigenvalue weighted by Gasteiger charge is 2.38. The number of hydrogen-bond donors (Lipinski definition) is 0. The summed E-state index contributed by atoms with van der Waals surface area (Å²) in [6.45, 7) is 4.16. The van der Waals surface area contributed by atoms with Crippen molar-refractivity contribution >= 4 is 11.2 Å². The summed E-state index contributed by atoms with van der Waals surface area (Å²) < 4.78 is 14.6. The van der Waals surface area contributed by atoms with Crippen molar-refractivity contribution in [2.75, 3.05) is 7.11 Å². The SMILES string of the molecule is COC1=C(C(c2ccccc2)n2cnc3ncccc32)C=CC2C=CC(C)(C)OC12. The van der Waals surface area contributed by atoms with Gasteiger partial charge in [-0.15, -0.1) is 0 Å². The fraction of sp³-hybridized carbons (Fsp3) is 0.280. The number of hydrogen-bond acceptors (Lipinski definition) is 4. The zero-order chi connectivity index (χ0) is 20.7. The lowest BCUT2D eigenvalue weighted by Gasteiger charge is -2.40. The summed E-state index contributed by atoms with van der Waals surface area (Å²) >= 11 is 0. The Labute approximate surface area is 176 Å². The van der Waals surface area contributed by atoms with Gasteiger partial charge in [-0.1, -0.05) is 54.6 Å². The molecular weight excluding hydrogens is 374 g/mol. The molecule has 152 valence electrons. The summed E-state index contributed by atoms with van der Waals surface area (Å²) in [5.74, 6) is 1.02. The topological polar surface area (TPSA) is 49.2 Å². The molecular formula is C25H25N3O2. The second-order valence-corrected chi connectivity index (χ2v) is 8.27. The number of imidazole rings is 1. The Morgan fingerprint density at radius 3 is 2.70 bits per heavy atom. The number of fused-ring (bicyclic) bond motifs is 2. The number of methoxy groups -OCH3 is 1. The van der Waals surface area contributed by atoms with Crippen LogP contribution in [0.2, 0.25) is 0 Å². The summed E-state index contributed by atoms with van der Waals surface area (Å²) in [6, 6.07) is 14.3. The van der Waals surface area contributed by atoms with Crippen molar-refractivity contribution in [2.45, 2.75) is 31.6 Å². The Kier molecular flexibility index (Phi) is 4.55. The van der Waals surface area contributed by atoms with E-state index in [9.17, 15) is 0 Å². The Morgan fingerprint density at radius 1 is 1.07 bits per heavy atom. The monoisotopic (exact) mass is 399 g/mol. The molecule has 0 saturated carbocycles. The second kappa shape index (κ2) is 7.26. The Balaban J connectivity index is 1.71. The van der Waals surface area contributed by atoms with Crippen LogP contribution < -0.4 is 0 Å². The number of benzene rings is 1. The van der Waals surface area contributed by atoms with Crippen LogP contribution in [0.25, 0.3) is 11.2 Å². The van der Waals surface area contributed by atoms with E-state index in [1.165, 1.54) is 0 Å². The molecule has 0 amide bonds. The van der Waals surface area contributed by atoms with E-state index < -0.39 is 0 Å². The summed E-state index contributed by atoms with van der Waals surface area (Å²) in [5.41, 5.74) is 3.59. The molecule has 0 radical (unpaired) electrons. The number of allylic oxidation sites excluding steroid dienone is 2. The van der Waals surface area contributed by atoms with Gasteiger partial charge in [0, 0.05) is 17.7 Å². The van der Waals surface area contributed by atoms with Crippen LogP contribution in [0.3, 0.4) is 0 Å². The van der Waals surface area contributed by atoms with Crippen molar-refractivity contribution in [1.29, 1.82) is 0 Å². The first kappa shape index (κ1) is 18.8. The van der Waals surface area contributed by atoms with Gasteiger partial charge in [-0.2, -0.15) is 0 Å². The fourth-order valence-corrected chi connectivity index (χ4v) is 4.40. The molecule has 3 unspecified atom stereocenters. The van der Waals surface area contributed by atoms with Crippen LogP contribution in [0.5, 0.6) is 0 Å². The smallest absolute Gasteiger partial charge is 0.177 e. The molecule has 0 saturated heterocycles. The van der Waals surface area contributed by atoms with E-state index in [-0.39, 0.29) is 23.7 Å². The molecule has 5 heteroatoms. The van der Waals surface area contributed by atoms with Gasteiger partial charge >= 0.3 is 0 Å². The van der Waals surface area contributed by atoms with Gasteiger partial charge in [-0.3, -0.25) is 0 Å². The predicted molar refractivity (Wildman–Crippen MR) is 117 cm³/mol. The number of aromatic nitrogens is 3. The van der Waals surface area contributed by atoms with Crippen LogP contribution in [-0.2, 0) is 9.47 Å². The van der Waals surface area contributed by atoms with Crippen LogP contribution in [0.15, 0.2) is 90.6 Å². The first-order valence-corrected chi connectivity index (χ1v) is 10.2. The van der Waals surface area contributed by atoms with Gasteiger partial charge in [0.05, 0.1) is 30.6 Å². The maximum absolute atomic E-state index is 6.44. The van der Waals surface area contributed by atoms with E-state index in [4.69, 9.17) is 9.47 Å². The van der Waals surface area contributed by atoms with Crippen LogP contribution in [-0.4, -0.2) is 33.3 Å². The van der Waals surface area contributed by atoms with E-state index in [0.29, 0.717) is 0 Å². The normalized spacial score (nSPS) is 23.4. The predicted octanol–water partition coefficient (Wildman–Crippen LogP) is 4.84. The lowest BCUT2D eigenvalue weighted by atomic mass is 9.83. The van der Waals surface area contributed by atoms with Gasteiger partial charge in [0.2, 0.25) is 0 Å². The number of ether oxygens (including phenoxy) is 2. The lowest BCUT2D eigenvalue weighted by molar-refractivity contribution is -0.0665. The van der Waals surface area contributed by atoms with Gasteiger partial charge in [0.15, 0.2) is 5.65 Å². The standard InChI is InChI=1S/C25H25N3O2/c1-25(2)14-13-18-11-12-19(23(29-3)22(18)30-25)21(17-8-5-4-6-9-17)28-16-27-24-20(28)10-7-15-26-24/h4-16,18,21-22H,1-3H3. The van der Waals surface area contributed by atoms with Gasteiger partial charge < -0.3 is 14.0 Å². The van der Waals surface area contributed by atoms with Crippen LogP contribution in [0.4, 0.5) is 0 Å². The summed E-state index contributed by atoms with van der Waals surface area (Å²) in [4.78, 5) is 8.95. The molecule has 0 N–H and O–H groups in total. The zero-order valence-electron chi connectivity index (χ0n) is 17.4. The minimum absolute atomic E-state index is 0.106. The van der Waals surface area contributed by atoms with Gasteiger partial charge in [0.25, 0.3) is 0 Å². The summed E-state index contributed by atoms with van der Waals surface area (Å²) in [7, 11) is 1.73. The molecule has 1 aliphatic heterocycles. The molecule has 2 aliphatic rings. The number of rotatable bonds is 4. The molecule has 2 aromatic heterocycles. The molecule has 30 heavy (non-hydrogen) atoms. The highest BCUT2D eigenvalue weighted by atomic mass is 16.5. The summed E-state index contributed by atoms with van der Waals surface area (Å²) in [5, 5.41) is 0. The van der Waals surface area contributed by atoms with E-state index in [2.05, 4.69) is 83.0 Å². The quantitative estimate of drug-likeness (QED) is 0.589. The van der Waals surface area contributed by atoms with Crippen molar-refractivity contribution in [3.05, 3.63) is 96.2 Å². The summed E-state index contributed by atoms with van der Waals surface area (Å²) in [6.07, 6.45) is 12.2. The minimum atomic E-state index is -0.338. The molecule has 5 nitrogen and oxygen atoms in total. The first-order valence-electron chi connectivity index (χ1n) is 10.2. The molecule has 0 bridgehead atoms.